The van der Waals surface area contributed by atoms with Crippen LogP contribution < -0.4 is 21.3 Å². The highest BCUT2D eigenvalue weighted by Crippen LogP contribution is 2.29. The van der Waals surface area contributed by atoms with Gasteiger partial charge < -0.3 is 36.1 Å². The average Bonchev–Trinajstić information content (AvgIpc) is 3.51. The number of fused-ring (bicyclic) bond motifs is 1. The van der Waals surface area contributed by atoms with Crippen molar-refractivity contribution in [3.63, 3.8) is 0 Å². The lowest BCUT2D eigenvalue weighted by Crippen LogP contribution is -2.60. The molecule has 2 aromatic heterocycles. The third-order valence-electron chi connectivity index (χ3n) is 9.49. The number of nitrogens with one attached hydrogen (secondary N) is 3. The number of nitrogens with two attached hydrogens (primary N) is 1. The first kappa shape index (κ1) is 29.3. The largest absolute Gasteiger partial charge is 0.356 e. The second-order valence-corrected chi connectivity index (χ2v) is 12.7. The van der Waals surface area contributed by atoms with Crippen LogP contribution in [0.1, 0.15) is 43.7 Å². The minimum absolute atomic E-state index is 0.0802. The third kappa shape index (κ3) is 6.89. The Balaban J connectivity index is 1.04. The lowest BCUT2D eigenvalue weighted by molar-refractivity contribution is -0.128. The van der Waals surface area contributed by atoms with Gasteiger partial charge in [0.15, 0.2) is 0 Å². The van der Waals surface area contributed by atoms with E-state index >= 15 is 0 Å². The number of halogens is 1. The predicted octanol–water partition coefficient (Wildman–Crippen LogP) is 2.77. The minimum Gasteiger partial charge on any atom is -0.356 e. The SMILES string of the molecule is NC1(C(=O)N[C@@H](CCN2CCN(CC3CCNCC3)CC2)c2ccc(Cl)cc2)CCN(c2ncnc3[nH]ccc23)CC1. The van der Waals surface area contributed by atoms with Crippen LogP contribution in [-0.4, -0.2) is 102 Å². The molecule has 0 unspecified atom stereocenters. The van der Waals surface area contributed by atoms with E-state index in [0.717, 1.165) is 80.6 Å². The number of aromatic nitrogens is 3. The number of anilines is 1. The Morgan fingerprint density at radius 3 is 2.48 bits per heavy atom. The van der Waals surface area contributed by atoms with Crippen molar-refractivity contribution >= 4 is 34.4 Å². The van der Waals surface area contributed by atoms with Crippen LogP contribution in [0.2, 0.25) is 5.02 Å². The van der Waals surface area contributed by atoms with E-state index in [9.17, 15) is 4.79 Å². The number of carbonyl (C=O) groups is 1. The van der Waals surface area contributed by atoms with Crippen molar-refractivity contribution in [3.8, 4) is 0 Å². The molecule has 3 aliphatic heterocycles. The van der Waals surface area contributed by atoms with Crippen molar-refractivity contribution in [3.05, 3.63) is 53.4 Å². The lowest BCUT2D eigenvalue weighted by Gasteiger charge is -2.40. The Kier molecular flexibility index (Phi) is 9.26. The molecule has 0 spiro atoms. The molecule has 42 heavy (non-hydrogen) atoms. The molecule has 1 aromatic carbocycles. The van der Waals surface area contributed by atoms with Gasteiger partial charge in [-0.2, -0.15) is 0 Å². The lowest BCUT2D eigenvalue weighted by atomic mass is 9.87. The number of H-pyrrole nitrogens is 1. The molecule has 3 aliphatic rings. The first-order valence-electron chi connectivity index (χ1n) is 15.5. The van der Waals surface area contributed by atoms with Crippen LogP contribution in [0.15, 0.2) is 42.9 Å². The van der Waals surface area contributed by atoms with Gasteiger partial charge in [-0.3, -0.25) is 4.79 Å². The number of rotatable bonds is 9. The van der Waals surface area contributed by atoms with Crippen molar-refractivity contribution < 1.29 is 4.79 Å². The van der Waals surface area contributed by atoms with Crippen LogP contribution in [0.4, 0.5) is 5.82 Å². The highest BCUT2D eigenvalue weighted by molar-refractivity contribution is 6.30. The standard InChI is InChI=1S/C31H44ClN9O/c32-25-3-1-24(2-4-25)27(8-14-39-17-19-40(20-18-39)21-23-5-11-34-12-6-23)38-30(42)31(33)9-15-41(16-10-31)29-26-7-13-35-28(26)36-22-37-29/h1-4,7,13,22-23,27,34H,5-6,8-12,14-21,33H2,(H,38,42)(H,35,36,37)/t27-/m0/s1. The van der Waals surface area contributed by atoms with Crippen molar-refractivity contribution in [2.45, 2.75) is 43.7 Å². The van der Waals surface area contributed by atoms with Crippen LogP contribution in [-0.2, 0) is 4.79 Å². The molecule has 10 nitrogen and oxygen atoms in total. The van der Waals surface area contributed by atoms with Crippen molar-refractivity contribution in [2.75, 3.05) is 70.3 Å². The van der Waals surface area contributed by atoms with Gasteiger partial charge >= 0.3 is 0 Å². The highest BCUT2D eigenvalue weighted by atomic mass is 35.5. The van der Waals surface area contributed by atoms with E-state index in [4.69, 9.17) is 17.3 Å². The van der Waals surface area contributed by atoms with Crippen LogP contribution in [0, 0.1) is 5.92 Å². The van der Waals surface area contributed by atoms with E-state index in [1.807, 2.05) is 36.5 Å². The molecule has 3 fully saturated rings. The Morgan fingerprint density at radius 2 is 1.74 bits per heavy atom. The summed E-state index contributed by atoms with van der Waals surface area (Å²) in [5.41, 5.74) is 7.75. The topological polar surface area (TPSA) is 118 Å². The van der Waals surface area contributed by atoms with E-state index in [0.29, 0.717) is 31.0 Å². The summed E-state index contributed by atoms with van der Waals surface area (Å²) in [4.78, 5) is 33.1. The molecule has 3 aromatic rings. The maximum Gasteiger partial charge on any atom is 0.240 e. The zero-order valence-corrected chi connectivity index (χ0v) is 25.2. The fourth-order valence-corrected chi connectivity index (χ4v) is 6.84. The molecule has 0 saturated carbocycles. The number of nitrogens with zero attached hydrogens (tertiary/aromatic N) is 5. The predicted molar refractivity (Wildman–Crippen MR) is 168 cm³/mol. The molecule has 0 aliphatic carbocycles. The summed E-state index contributed by atoms with van der Waals surface area (Å²) in [7, 11) is 0. The first-order valence-corrected chi connectivity index (χ1v) is 15.9. The second kappa shape index (κ2) is 13.3. The van der Waals surface area contributed by atoms with Crippen LogP contribution in [0.25, 0.3) is 11.0 Å². The molecule has 226 valence electrons. The number of aromatic amines is 1. The van der Waals surface area contributed by atoms with E-state index in [-0.39, 0.29) is 11.9 Å². The van der Waals surface area contributed by atoms with Gasteiger partial charge in [-0.25, -0.2) is 9.97 Å². The van der Waals surface area contributed by atoms with Crippen LogP contribution in [0.5, 0.6) is 0 Å². The quantitative estimate of drug-likeness (QED) is 0.299. The number of benzene rings is 1. The number of piperidine rings is 2. The second-order valence-electron chi connectivity index (χ2n) is 12.3. The van der Waals surface area contributed by atoms with E-state index in [1.165, 1.54) is 19.4 Å². The Morgan fingerprint density at radius 1 is 1.02 bits per heavy atom. The number of amides is 1. The number of hydrogen-bond donors (Lipinski definition) is 4. The van der Waals surface area contributed by atoms with Crippen LogP contribution in [0.3, 0.4) is 0 Å². The summed E-state index contributed by atoms with van der Waals surface area (Å²) in [6, 6.07) is 9.71. The van der Waals surface area contributed by atoms with Crippen molar-refractivity contribution in [1.29, 1.82) is 0 Å². The van der Waals surface area contributed by atoms with Gasteiger partial charge in [0.05, 0.1) is 17.0 Å². The number of piperazine rings is 1. The van der Waals surface area contributed by atoms with E-state index in [1.54, 1.807) is 6.33 Å². The zero-order valence-electron chi connectivity index (χ0n) is 24.4. The van der Waals surface area contributed by atoms with E-state index < -0.39 is 5.54 Å². The molecule has 1 atom stereocenters. The molecule has 0 bridgehead atoms. The van der Waals surface area contributed by atoms with Crippen molar-refractivity contribution in [1.82, 2.24) is 35.4 Å². The fraction of sp³-hybridized carbons (Fsp3) is 0.581. The summed E-state index contributed by atoms with van der Waals surface area (Å²) >= 11 is 6.20. The fourth-order valence-electron chi connectivity index (χ4n) is 6.71. The Bertz CT molecular complexity index is 1310. The summed E-state index contributed by atoms with van der Waals surface area (Å²) in [5.74, 6) is 1.63. The van der Waals surface area contributed by atoms with Crippen molar-refractivity contribution in [2.24, 2.45) is 11.7 Å². The smallest absolute Gasteiger partial charge is 0.240 e. The van der Waals surface area contributed by atoms with Gasteiger partial charge in [0, 0.05) is 63.6 Å². The van der Waals surface area contributed by atoms with Gasteiger partial charge in [-0.05, 0) is 74.9 Å². The number of hydrogen-bond acceptors (Lipinski definition) is 8. The Labute approximate surface area is 253 Å². The molecule has 1 amide bonds. The maximum absolute atomic E-state index is 13.7. The molecular formula is C31H44ClN9O. The van der Waals surface area contributed by atoms with Crippen LogP contribution >= 0.6 is 11.6 Å². The highest BCUT2D eigenvalue weighted by Gasteiger charge is 2.39. The molecule has 5 N–H and O–H groups in total. The number of carbonyl (C=O) groups excluding carboxylic acids is 1. The third-order valence-corrected chi connectivity index (χ3v) is 9.74. The molecule has 11 heteroatoms. The summed E-state index contributed by atoms with van der Waals surface area (Å²) in [6.45, 7) is 10.2. The average molecular weight is 594 g/mol. The van der Waals surface area contributed by atoms with Gasteiger partial charge in [-0.1, -0.05) is 23.7 Å². The summed E-state index contributed by atoms with van der Waals surface area (Å²) in [5, 5.41) is 8.50. The monoisotopic (exact) mass is 593 g/mol. The van der Waals surface area contributed by atoms with Gasteiger partial charge in [0.25, 0.3) is 0 Å². The van der Waals surface area contributed by atoms with Gasteiger partial charge in [0.1, 0.15) is 17.8 Å². The van der Waals surface area contributed by atoms with Gasteiger partial charge in [-0.15, -0.1) is 0 Å². The Hall–Kier alpha value is -2.76. The molecule has 6 rings (SSSR count). The normalized spacial score (nSPS) is 21.4. The molecule has 3 saturated heterocycles. The maximum atomic E-state index is 13.7. The zero-order chi connectivity index (χ0) is 28.9. The summed E-state index contributed by atoms with van der Waals surface area (Å²) < 4.78 is 0. The molecule has 0 radical (unpaired) electrons. The minimum atomic E-state index is -0.925. The molecular weight excluding hydrogens is 550 g/mol. The summed E-state index contributed by atoms with van der Waals surface area (Å²) in [6.07, 6.45) is 7.98. The molecule has 5 heterocycles. The van der Waals surface area contributed by atoms with Gasteiger partial charge in [0.2, 0.25) is 5.91 Å². The van der Waals surface area contributed by atoms with E-state index in [2.05, 4.69) is 40.3 Å². The first-order chi connectivity index (χ1) is 20.5.